The first-order valence-electron chi connectivity index (χ1n) is 9.85. The van der Waals surface area contributed by atoms with Gasteiger partial charge in [0.15, 0.2) is 0 Å². The number of benzene rings is 1. The van der Waals surface area contributed by atoms with E-state index < -0.39 is 6.10 Å². The Kier molecular flexibility index (Phi) is 5.59. The van der Waals surface area contributed by atoms with Gasteiger partial charge in [-0.2, -0.15) is 0 Å². The van der Waals surface area contributed by atoms with Crippen molar-refractivity contribution in [2.75, 3.05) is 13.1 Å². The van der Waals surface area contributed by atoms with Crippen LogP contribution in [0.3, 0.4) is 0 Å². The van der Waals surface area contributed by atoms with Crippen molar-refractivity contribution in [1.82, 2.24) is 9.88 Å². The zero-order valence-electron chi connectivity index (χ0n) is 16.2. The number of aromatic nitrogens is 1. The first-order valence-corrected chi connectivity index (χ1v) is 10.2. The van der Waals surface area contributed by atoms with Crippen molar-refractivity contribution in [2.24, 2.45) is 11.8 Å². The predicted octanol–water partition coefficient (Wildman–Crippen LogP) is 4.14. The molecule has 0 bridgehead atoms. The van der Waals surface area contributed by atoms with E-state index in [0.29, 0.717) is 30.4 Å². The van der Waals surface area contributed by atoms with Crippen LogP contribution in [0.2, 0.25) is 5.02 Å². The van der Waals surface area contributed by atoms with Crippen LogP contribution in [-0.4, -0.2) is 40.3 Å². The Morgan fingerprint density at radius 3 is 2.68 bits per heavy atom. The molecule has 1 aliphatic carbocycles. The number of aryl methyl sites for hydroxylation is 2. The third-order valence-electron chi connectivity index (χ3n) is 6.04. The number of halogens is 2. The molecule has 4 nitrogen and oxygen atoms in total. The van der Waals surface area contributed by atoms with Crippen LogP contribution in [0.4, 0.5) is 4.39 Å². The summed E-state index contributed by atoms with van der Waals surface area (Å²) in [6.45, 7) is 6.17. The van der Waals surface area contributed by atoms with Crippen LogP contribution in [0.25, 0.3) is 0 Å². The van der Waals surface area contributed by atoms with Gasteiger partial charge in [-0.1, -0.05) is 23.7 Å². The Morgan fingerprint density at radius 1 is 1.18 bits per heavy atom. The van der Waals surface area contributed by atoms with Crippen LogP contribution in [0.5, 0.6) is 5.75 Å². The minimum Gasteiger partial charge on any atom is -0.486 e. The van der Waals surface area contributed by atoms with Gasteiger partial charge >= 0.3 is 0 Å². The topological polar surface area (TPSA) is 45.6 Å². The van der Waals surface area contributed by atoms with Gasteiger partial charge in [-0.05, 0) is 56.7 Å². The van der Waals surface area contributed by atoms with E-state index in [1.165, 1.54) is 0 Å². The van der Waals surface area contributed by atoms with Crippen molar-refractivity contribution in [2.45, 2.75) is 45.4 Å². The molecule has 4 rings (SSSR count). The Morgan fingerprint density at radius 2 is 1.93 bits per heavy atom. The maximum atomic E-state index is 14.2. The lowest BCUT2D eigenvalue weighted by Crippen LogP contribution is -2.42. The second-order valence-electron chi connectivity index (χ2n) is 8.16. The molecule has 2 aromatic rings. The lowest BCUT2D eigenvalue weighted by Gasteiger charge is -2.35. The molecule has 0 spiro atoms. The first kappa shape index (κ1) is 19.6. The van der Waals surface area contributed by atoms with Crippen molar-refractivity contribution < 1.29 is 14.2 Å². The molecule has 2 aliphatic rings. The van der Waals surface area contributed by atoms with E-state index in [1.807, 2.05) is 26.0 Å². The quantitative estimate of drug-likeness (QED) is 0.831. The predicted molar refractivity (Wildman–Crippen MR) is 107 cm³/mol. The first-order chi connectivity index (χ1) is 13.4. The van der Waals surface area contributed by atoms with Crippen LogP contribution in [0.15, 0.2) is 30.3 Å². The van der Waals surface area contributed by atoms with Crippen LogP contribution < -0.4 is 4.74 Å². The molecular weight excluding hydrogens is 379 g/mol. The number of aliphatic hydroxyl groups excluding tert-OH is 1. The summed E-state index contributed by atoms with van der Waals surface area (Å²) >= 11 is 5.91. The molecule has 1 saturated carbocycles. The number of nitrogens with zero attached hydrogens (tertiary/aromatic N) is 2. The lowest BCUT2D eigenvalue weighted by molar-refractivity contribution is -0.0236. The van der Waals surface area contributed by atoms with E-state index in [1.54, 1.807) is 18.2 Å². The van der Waals surface area contributed by atoms with Crippen molar-refractivity contribution in [3.8, 4) is 5.75 Å². The molecule has 6 heteroatoms. The average Bonchev–Trinajstić information content (AvgIpc) is 3.02. The smallest absolute Gasteiger partial charge is 0.146 e. The number of aliphatic hydroxyl groups is 1. The summed E-state index contributed by atoms with van der Waals surface area (Å²) in [4.78, 5) is 6.71. The summed E-state index contributed by atoms with van der Waals surface area (Å²) in [7, 11) is 0. The summed E-state index contributed by atoms with van der Waals surface area (Å²) in [5.41, 5.74) is 2.42. The van der Waals surface area contributed by atoms with E-state index >= 15 is 0 Å². The third-order valence-corrected chi connectivity index (χ3v) is 6.33. The molecular formula is C22H26ClFN2O2. The van der Waals surface area contributed by atoms with Gasteiger partial charge < -0.3 is 9.84 Å². The third kappa shape index (κ3) is 4.02. The summed E-state index contributed by atoms with van der Waals surface area (Å²) in [5.74, 6) is 1.26. The average molecular weight is 405 g/mol. The van der Waals surface area contributed by atoms with Crippen molar-refractivity contribution in [3.05, 3.63) is 58.1 Å². The van der Waals surface area contributed by atoms with Gasteiger partial charge in [-0.15, -0.1) is 0 Å². The summed E-state index contributed by atoms with van der Waals surface area (Å²) < 4.78 is 20.4. The summed E-state index contributed by atoms with van der Waals surface area (Å²) in [5, 5.41) is 10.8. The molecule has 4 atom stereocenters. The monoisotopic (exact) mass is 404 g/mol. The highest BCUT2D eigenvalue weighted by Crippen LogP contribution is 2.39. The van der Waals surface area contributed by atoms with Crippen LogP contribution in [0.1, 0.15) is 29.8 Å². The van der Waals surface area contributed by atoms with Crippen molar-refractivity contribution >= 4 is 11.6 Å². The highest BCUT2D eigenvalue weighted by Gasteiger charge is 2.42. The Bertz CT molecular complexity index is 862. The van der Waals surface area contributed by atoms with E-state index in [-0.39, 0.29) is 16.9 Å². The molecule has 1 N–H and O–H groups in total. The second-order valence-corrected chi connectivity index (χ2v) is 8.57. The minimum absolute atomic E-state index is 0.167. The molecule has 1 aromatic carbocycles. The fraction of sp³-hybridized carbons (Fsp3) is 0.500. The second kappa shape index (κ2) is 7.97. The Hall–Kier alpha value is -1.69. The van der Waals surface area contributed by atoms with E-state index in [4.69, 9.17) is 16.3 Å². The maximum Gasteiger partial charge on any atom is 0.146 e. The molecule has 0 amide bonds. The zero-order valence-corrected chi connectivity index (χ0v) is 17.0. The Labute approximate surface area is 170 Å². The van der Waals surface area contributed by atoms with Gasteiger partial charge in [-0.25, -0.2) is 4.39 Å². The molecule has 0 unspecified atom stereocenters. The van der Waals surface area contributed by atoms with Gasteiger partial charge in [0.05, 0.1) is 16.8 Å². The molecule has 1 aliphatic heterocycles. The summed E-state index contributed by atoms with van der Waals surface area (Å²) in [6, 6.07) is 9.01. The molecule has 2 heterocycles. The Balaban J connectivity index is 1.41. The summed E-state index contributed by atoms with van der Waals surface area (Å²) in [6.07, 6.45) is 0.785. The molecule has 0 radical (unpaired) electrons. The van der Waals surface area contributed by atoms with Gasteiger partial charge in [0, 0.05) is 30.9 Å². The van der Waals surface area contributed by atoms with Gasteiger partial charge in [0.1, 0.15) is 17.7 Å². The number of rotatable bonds is 4. The normalized spacial score (nSPS) is 27.6. The van der Waals surface area contributed by atoms with Crippen molar-refractivity contribution in [3.63, 3.8) is 0 Å². The van der Waals surface area contributed by atoms with Gasteiger partial charge in [-0.3, -0.25) is 9.88 Å². The van der Waals surface area contributed by atoms with Crippen LogP contribution in [-0.2, 0) is 6.54 Å². The zero-order chi connectivity index (χ0) is 19.8. The standard InChI is InChI=1S/C22H26ClFN2O2/c1-13-6-7-20(14(2)25-13)28-21-9-17-12-26(11-16(17)8-19(21)27)10-15-4-3-5-18(23)22(15)24/h3-7,16-17,19,21,27H,8-12H2,1-2H3/t16-,17+,19+,21+/m0/s1. The number of ether oxygens (including phenoxy) is 1. The molecule has 2 fully saturated rings. The highest BCUT2D eigenvalue weighted by atomic mass is 35.5. The van der Waals surface area contributed by atoms with Crippen LogP contribution >= 0.6 is 11.6 Å². The molecule has 150 valence electrons. The SMILES string of the molecule is Cc1ccc(O[C@@H]2C[C@@H]3CN(Cc4cccc(Cl)c4F)C[C@@H]3C[C@H]2O)c(C)n1. The minimum atomic E-state index is -0.496. The fourth-order valence-electron chi connectivity index (χ4n) is 4.62. The van der Waals surface area contributed by atoms with E-state index in [2.05, 4.69) is 9.88 Å². The largest absolute Gasteiger partial charge is 0.486 e. The number of pyridine rings is 1. The van der Waals surface area contributed by atoms with E-state index in [0.717, 1.165) is 36.6 Å². The highest BCUT2D eigenvalue weighted by molar-refractivity contribution is 6.30. The maximum absolute atomic E-state index is 14.2. The number of likely N-dealkylation sites (tertiary alicyclic amines) is 1. The van der Waals surface area contributed by atoms with Crippen LogP contribution in [0, 0.1) is 31.5 Å². The number of hydrogen-bond acceptors (Lipinski definition) is 4. The van der Waals surface area contributed by atoms with Crippen molar-refractivity contribution in [1.29, 1.82) is 0 Å². The number of fused-ring (bicyclic) bond motifs is 1. The lowest BCUT2D eigenvalue weighted by atomic mass is 9.78. The molecule has 1 saturated heterocycles. The molecule has 1 aromatic heterocycles. The number of hydrogen-bond donors (Lipinski definition) is 1. The molecule has 28 heavy (non-hydrogen) atoms. The van der Waals surface area contributed by atoms with E-state index in [9.17, 15) is 9.50 Å². The van der Waals surface area contributed by atoms with Gasteiger partial charge in [0.2, 0.25) is 0 Å². The fourth-order valence-corrected chi connectivity index (χ4v) is 4.81. The van der Waals surface area contributed by atoms with Gasteiger partial charge in [0.25, 0.3) is 0 Å².